The van der Waals surface area contributed by atoms with Gasteiger partial charge in [-0.1, -0.05) is 32.0 Å². The van der Waals surface area contributed by atoms with Crippen LogP contribution in [0.3, 0.4) is 0 Å². The second-order valence-electron chi connectivity index (χ2n) is 6.33. The highest BCUT2D eigenvalue weighted by Crippen LogP contribution is 2.42. The van der Waals surface area contributed by atoms with Crippen molar-refractivity contribution in [1.82, 2.24) is 9.78 Å². The standard InChI is InChI=1S/C17H23N3/c1-11(2)14-7-6-8-15-16-13(9-19(5)17(14)15)10-20(18-16)12(3)4/h6-8,10-12H,9H2,1-5H3. The lowest BCUT2D eigenvalue weighted by molar-refractivity contribution is 0.533. The van der Waals surface area contributed by atoms with E-state index in [4.69, 9.17) is 5.10 Å². The number of hydrogen-bond acceptors (Lipinski definition) is 2. The Hall–Kier alpha value is -1.77. The summed E-state index contributed by atoms with van der Waals surface area (Å²) in [6.07, 6.45) is 2.20. The van der Waals surface area contributed by atoms with Crippen LogP contribution < -0.4 is 4.90 Å². The van der Waals surface area contributed by atoms with Crippen molar-refractivity contribution in [3.63, 3.8) is 0 Å². The van der Waals surface area contributed by atoms with Gasteiger partial charge in [0, 0.05) is 42.6 Å². The van der Waals surface area contributed by atoms with E-state index in [1.165, 1.54) is 22.4 Å². The van der Waals surface area contributed by atoms with Crippen molar-refractivity contribution in [3.8, 4) is 11.3 Å². The molecule has 0 unspecified atom stereocenters. The first-order valence-electron chi connectivity index (χ1n) is 7.41. The van der Waals surface area contributed by atoms with E-state index in [1.54, 1.807) is 0 Å². The lowest BCUT2D eigenvalue weighted by Crippen LogP contribution is -2.22. The predicted octanol–water partition coefficient (Wildman–Crippen LogP) is 4.20. The summed E-state index contributed by atoms with van der Waals surface area (Å²) in [6.45, 7) is 9.80. The van der Waals surface area contributed by atoms with Gasteiger partial charge >= 0.3 is 0 Å². The molecule has 106 valence electrons. The second-order valence-corrected chi connectivity index (χ2v) is 6.33. The van der Waals surface area contributed by atoms with Crippen molar-refractivity contribution in [2.24, 2.45) is 0 Å². The lowest BCUT2D eigenvalue weighted by Gasteiger charge is -2.30. The van der Waals surface area contributed by atoms with Gasteiger partial charge in [-0.3, -0.25) is 4.68 Å². The van der Waals surface area contributed by atoms with Crippen LogP contribution >= 0.6 is 0 Å². The maximum Gasteiger partial charge on any atom is 0.0994 e. The molecule has 2 heterocycles. The summed E-state index contributed by atoms with van der Waals surface area (Å²) in [7, 11) is 2.18. The Bertz CT molecular complexity index is 638. The summed E-state index contributed by atoms with van der Waals surface area (Å²) in [5.41, 5.74) is 6.53. The SMILES string of the molecule is CC(C)c1cccc2c1N(C)Cc1cn(C(C)C)nc1-2. The maximum atomic E-state index is 4.82. The van der Waals surface area contributed by atoms with Gasteiger partial charge in [-0.05, 0) is 25.3 Å². The van der Waals surface area contributed by atoms with Crippen LogP contribution in [0, 0.1) is 0 Å². The molecule has 1 aliphatic rings. The van der Waals surface area contributed by atoms with Crippen LogP contribution in [0.25, 0.3) is 11.3 Å². The first-order chi connectivity index (χ1) is 9.49. The molecule has 1 aromatic heterocycles. The molecule has 0 spiro atoms. The number of para-hydroxylation sites is 1. The zero-order chi connectivity index (χ0) is 14.4. The molecular formula is C17H23N3. The van der Waals surface area contributed by atoms with Crippen molar-refractivity contribution in [2.75, 3.05) is 11.9 Å². The molecule has 0 saturated carbocycles. The molecule has 20 heavy (non-hydrogen) atoms. The van der Waals surface area contributed by atoms with Gasteiger partial charge in [0.25, 0.3) is 0 Å². The van der Waals surface area contributed by atoms with Crippen LogP contribution in [-0.2, 0) is 6.54 Å². The van der Waals surface area contributed by atoms with E-state index in [0.29, 0.717) is 12.0 Å². The largest absolute Gasteiger partial charge is 0.369 e. The molecule has 3 rings (SSSR count). The van der Waals surface area contributed by atoms with E-state index >= 15 is 0 Å². The Morgan fingerprint density at radius 3 is 2.55 bits per heavy atom. The number of fused-ring (bicyclic) bond motifs is 3. The Morgan fingerprint density at radius 2 is 1.90 bits per heavy atom. The number of benzene rings is 1. The summed E-state index contributed by atoms with van der Waals surface area (Å²) in [5.74, 6) is 0.529. The first kappa shape index (κ1) is 13.2. The molecular weight excluding hydrogens is 246 g/mol. The summed E-state index contributed by atoms with van der Waals surface area (Å²) < 4.78 is 2.08. The van der Waals surface area contributed by atoms with Crippen molar-refractivity contribution < 1.29 is 0 Å². The van der Waals surface area contributed by atoms with Crippen LogP contribution in [0.4, 0.5) is 5.69 Å². The van der Waals surface area contributed by atoms with Crippen LogP contribution in [0.2, 0.25) is 0 Å². The fourth-order valence-corrected chi connectivity index (χ4v) is 3.02. The van der Waals surface area contributed by atoms with Crippen molar-refractivity contribution >= 4 is 5.69 Å². The third-order valence-corrected chi connectivity index (χ3v) is 4.07. The van der Waals surface area contributed by atoms with Crippen LogP contribution in [0.1, 0.15) is 50.8 Å². The van der Waals surface area contributed by atoms with Gasteiger partial charge in [0.1, 0.15) is 0 Å². The third kappa shape index (κ3) is 1.92. The molecule has 0 atom stereocenters. The molecule has 0 aliphatic carbocycles. The third-order valence-electron chi connectivity index (χ3n) is 4.07. The molecule has 0 amide bonds. The van der Waals surface area contributed by atoms with E-state index < -0.39 is 0 Å². The lowest BCUT2D eigenvalue weighted by atomic mass is 9.92. The molecule has 1 aliphatic heterocycles. The number of anilines is 1. The van der Waals surface area contributed by atoms with Gasteiger partial charge in [0.05, 0.1) is 5.69 Å². The highest BCUT2D eigenvalue weighted by Gasteiger charge is 2.26. The van der Waals surface area contributed by atoms with Gasteiger partial charge in [-0.25, -0.2) is 0 Å². The van der Waals surface area contributed by atoms with Gasteiger partial charge in [-0.15, -0.1) is 0 Å². The van der Waals surface area contributed by atoms with Crippen LogP contribution in [-0.4, -0.2) is 16.8 Å². The Labute approximate surface area is 121 Å². The number of aromatic nitrogens is 2. The minimum Gasteiger partial charge on any atom is -0.369 e. The molecule has 0 radical (unpaired) electrons. The summed E-state index contributed by atoms with van der Waals surface area (Å²) >= 11 is 0. The quantitative estimate of drug-likeness (QED) is 0.814. The molecule has 1 aromatic carbocycles. The van der Waals surface area contributed by atoms with Gasteiger partial charge in [0.15, 0.2) is 0 Å². The topological polar surface area (TPSA) is 21.1 Å². The Morgan fingerprint density at radius 1 is 1.15 bits per heavy atom. The average Bonchev–Trinajstić information content (AvgIpc) is 2.82. The molecule has 3 heteroatoms. The van der Waals surface area contributed by atoms with Crippen molar-refractivity contribution in [2.45, 2.75) is 46.2 Å². The predicted molar refractivity (Wildman–Crippen MR) is 84.2 cm³/mol. The molecule has 0 N–H and O–H groups in total. The van der Waals surface area contributed by atoms with E-state index in [0.717, 1.165) is 12.2 Å². The molecule has 2 aromatic rings. The summed E-state index contributed by atoms with van der Waals surface area (Å²) in [4.78, 5) is 2.36. The number of nitrogens with zero attached hydrogens (tertiary/aromatic N) is 3. The normalized spacial score (nSPS) is 13.8. The van der Waals surface area contributed by atoms with E-state index in [1.807, 2.05) is 0 Å². The fraction of sp³-hybridized carbons (Fsp3) is 0.471. The Balaban J connectivity index is 2.21. The number of hydrogen-bond donors (Lipinski definition) is 0. The highest BCUT2D eigenvalue weighted by molar-refractivity contribution is 5.83. The fourth-order valence-electron chi connectivity index (χ4n) is 3.02. The molecule has 0 saturated heterocycles. The Kier molecular flexibility index (Phi) is 3.08. The minimum atomic E-state index is 0.405. The second kappa shape index (κ2) is 4.65. The molecule has 0 fully saturated rings. The van der Waals surface area contributed by atoms with Gasteiger partial charge < -0.3 is 4.90 Å². The van der Waals surface area contributed by atoms with E-state index in [-0.39, 0.29) is 0 Å². The zero-order valence-electron chi connectivity index (χ0n) is 13.0. The maximum absolute atomic E-state index is 4.82. The average molecular weight is 269 g/mol. The first-order valence-corrected chi connectivity index (χ1v) is 7.41. The van der Waals surface area contributed by atoms with Crippen LogP contribution in [0.15, 0.2) is 24.4 Å². The molecule has 0 bridgehead atoms. The number of rotatable bonds is 2. The highest BCUT2D eigenvalue weighted by atomic mass is 15.3. The van der Waals surface area contributed by atoms with Crippen molar-refractivity contribution in [1.29, 1.82) is 0 Å². The van der Waals surface area contributed by atoms with Gasteiger partial charge in [-0.2, -0.15) is 5.10 Å². The summed E-state index contributed by atoms with van der Waals surface area (Å²) in [6, 6.07) is 7.01. The zero-order valence-corrected chi connectivity index (χ0v) is 13.0. The van der Waals surface area contributed by atoms with Crippen LogP contribution in [0.5, 0.6) is 0 Å². The summed E-state index contributed by atoms with van der Waals surface area (Å²) in [5, 5.41) is 4.82. The van der Waals surface area contributed by atoms with E-state index in [9.17, 15) is 0 Å². The van der Waals surface area contributed by atoms with E-state index in [2.05, 4.69) is 68.7 Å². The van der Waals surface area contributed by atoms with Gasteiger partial charge in [0.2, 0.25) is 0 Å². The van der Waals surface area contributed by atoms with Crippen molar-refractivity contribution in [3.05, 3.63) is 35.5 Å². The molecule has 3 nitrogen and oxygen atoms in total. The minimum absolute atomic E-state index is 0.405. The smallest absolute Gasteiger partial charge is 0.0994 e. The monoisotopic (exact) mass is 269 g/mol.